The van der Waals surface area contributed by atoms with Crippen LogP contribution in [0.4, 0.5) is 0 Å². The van der Waals surface area contributed by atoms with Crippen molar-refractivity contribution in [1.82, 2.24) is 15.2 Å². The van der Waals surface area contributed by atoms with Gasteiger partial charge in [-0.3, -0.25) is 4.79 Å². The highest BCUT2D eigenvalue weighted by molar-refractivity contribution is 7.17. The van der Waals surface area contributed by atoms with Crippen molar-refractivity contribution in [3.05, 3.63) is 28.5 Å². The van der Waals surface area contributed by atoms with E-state index in [4.69, 9.17) is 4.42 Å². The van der Waals surface area contributed by atoms with Gasteiger partial charge in [-0.05, 0) is 38.9 Å². The lowest BCUT2D eigenvalue weighted by Gasteiger charge is -2.19. The molecule has 0 aromatic carbocycles. The average molecular weight is 305 g/mol. The minimum Gasteiger partial charge on any atom is -0.459 e. The van der Waals surface area contributed by atoms with E-state index in [1.54, 1.807) is 0 Å². The standard InChI is InChI=1S/C15H19N3O2S/c1-10-4-5-12(20-10)14-17-11(2)13(21-14)15(19)18-8-3-6-16-7-9-18/h4-5,16H,3,6-9H2,1-2H3. The minimum absolute atomic E-state index is 0.0863. The first-order valence-electron chi connectivity index (χ1n) is 7.19. The van der Waals surface area contributed by atoms with Crippen LogP contribution in [0.1, 0.15) is 27.5 Å². The number of hydrogen-bond donors (Lipinski definition) is 1. The monoisotopic (exact) mass is 305 g/mol. The van der Waals surface area contributed by atoms with Gasteiger partial charge in [0.25, 0.3) is 5.91 Å². The molecule has 2 aromatic heterocycles. The number of nitrogens with one attached hydrogen (secondary N) is 1. The molecule has 6 heteroatoms. The van der Waals surface area contributed by atoms with E-state index in [2.05, 4.69) is 10.3 Å². The zero-order valence-electron chi connectivity index (χ0n) is 12.3. The number of nitrogens with zero attached hydrogens (tertiary/aromatic N) is 2. The van der Waals surface area contributed by atoms with Crippen LogP contribution in [0, 0.1) is 13.8 Å². The first kappa shape index (κ1) is 14.3. The molecule has 1 aliphatic rings. The van der Waals surface area contributed by atoms with E-state index >= 15 is 0 Å². The van der Waals surface area contributed by atoms with Crippen molar-refractivity contribution in [3.8, 4) is 10.8 Å². The average Bonchev–Trinajstić information content (AvgIpc) is 2.95. The van der Waals surface area contributed by atoms with Gasteiger partial charge in [-0.1, -0.05) is 0 Å². The molecule has 0 atom stereocenters. The number of thiazole rings is 1. The van der Waals surface area contributed by atoms with Crippen molar-refractivity contribution in [1.29, 1.82) is 0 Å². The Bertz CT molecular complexity index is 639. The largest absolute Gasteiger partial charge is 0.459 e. The molecule has 1 fully saturated rings. The maximum Gasteiger partial charge on any atom is 0.265 e. The molecule has 1 amide bonds. The van der Waals surface area contributed by atoms with E-state index in [0.717, 1.165) is 59.7 Å². The Balaban J connectivity index is 1.85. The van der Waals surface area contributed by atoms with E-state index in [1.807, 2.05) is 30.9 Å². The molecule has 5 nitrogen and oxygen atoms in total. The summed E-state index contributed by atoms with van der Waals surface area (Å²) < 4.78 is 5.60. The van der Waals surface area contributed by atoms with Gasteiger partial charge in [-0.2, -0.15) is 0 Å². The molecule has 2 aromatic rings. The SMILES string of the molecule is Cc1ccc(-c2nc(C)c(C(=O)N3CCCNCC3)s2)o1. The van der Waals surface area contributed by atoms with Gasteiger partial charge >= 0.3 is 0 Å². The summed E-state index contributed by atoms with van der Waals surface area (Å²) in [5.41, 5.74) is 0.784. The Kier molecular flexibility index (Phi) is 4.07. The second-order valence-electron chi connectivity index (χ2n) is 5.24. The quantitative estimate of drug-likeness (QED) is 0.926. The normalized spacial score (nSPS) is 16.0. The fourth-order valence-corrected chi connectivity index (χ4v) is 3.44. The molecule has 1 aliphatic heterocycles. The Morgan fingerprint density at radius 3 is 2.95 bits per heavy atom. The molecule has 0 unspecified atom stereocenters. The van der Waals surface area contributed by atoms with Crippen molar-refractivity contribution < 1.29 is 9.21 Å². The predicted octanol–water partition coefficient (Wildman–Crippen LogP) is 2.46. The van der Waals surface area contributed by atoms with E-state index in [-0.39, 0.29) is 5.91 Å². The number of aryl methyl sites for hydroxylation is 2. The lowest BCUT2D eigenvalue weighted by atomic mass is 10.3. The molecule has 1 N–H and O–H groups in total. The second-order valence-corrected chi connectivity index (χ2v) is 6.24. The van der Waals surface area contributed by atoms with Crippen LogP contribution in [0.2, 0.25) is 0 Å². The summed E-state index contributed by atoms with van der Waals surface area (Å²) in [4.78, 5) is 19.8. The van der Waals surface area contributed by atoms with Gasteiger partial charge in [0, 0.05) is 19.6 Å². The Hall–Kier alpha value is -1.66. The smallest absolute Gasteiger partial charge is 0.265 e. The third-order valence-corrected chi connectivity index (χ3v) is 4.73. The van der Waals surface area contributed by atoms with Gasteiger partial charge in [-0.25, -0.2) is 4.98 Å². The molecule has 0 radical (unpaired) electrons. The summed E-state index contributed by atoms with van der Waals surface area (Å²) in [5, 5.41) is 4.09. The third-order valence-electron chi connectivity index (χ3n) is 3.57. The first-order chi connectivity index (χ1) is 10.1. The summed E-state index contributed by atoms with van der Waals surface area (Å²) in [5.74, 6) is 1.67. The highest BCUT2D eigenvalue weighted by atomic mass is 32.1. The van der Waals surface area contributed by atoms with Gasteiger partial charge in [0.1, 0.15) is 10.6 Å². The summed E-state index contributed by atoms with van der Waals surface area (Å²) in [6.07, 6.45) is 0.994. The van der Waals surface area contributed by atoms with Crippen molar-refractivity contribution >= 4 is 17.2 Å². The van der Waals surface area contributed by atoms with Crippen molar-refractivity contribution in [2.24, 2.45) is 0 Å². The van der Waals surface area contributed by atoms with E-state index in [9.17, 15) is 4.79 Å². The van der Waals surface area contributed by atoms with Gasteiger partial charge in [0.05, 0.1) is 5.69 Å². The van der Waals surface area contributed by atoms with Gasteiger partial charge < -0.3 is 14.6 Å². The third kappa shape index (κ3) is 3.01. The van der Waals surface area contributed by atoms with Crippen LogP contribution in [0.5, 0.6) is 0 Å². The van der Waals surface area contributed by atoms with Crippen LogP contribution in [0.25, 0.3) is 10.8 Å². The van der Waals surface area contributed by atoms with Crippen molar-refractivity contribution in [3.63, 3.8) is 0 Å². The van der Waals surface area contributed by atoms with Crippen LogP contribution in [0.3, 0.4) is 0 Å². The number of rotatable bonds is 2. The van der Waals surface area contributed by atoms with Gasteiger partial charge in [0.2, 0.25) is 0 Å². The van der Waals surface area contributed by atoms with E-state index in [1.165, 1.54) is 11.3 Å². The van der Waals surface area contributed by atoms with Crippen molar-refractivity contribution in [2.45, 2.75) is 20.3 Å². The molecular weight excluding hydrogens is 286 g/mol. The minimum atomic E-state index is 0.0863. The zero-order chi connectivity index (χ0) is 14.8. The number of furan rings is 1. The number of aromatic nitrogens is 1. The lowest BCUT2D eigenvalue weighted by Crippen LogP contribution is -2.34. The highest BCUT2D eigenvalue weighted by Gasteiger charge is 2.23. The summed E-state index contributed by atoms with van der Waals surface area (Å²) >= 11 is 1.42. The molecule has 0 spiro atoms. The molecule has 21 heavy (non-hydrogen) atoms. The number of hydrogen-bond acceptors (Lipinski definition) is 5. The molecule has 3 rings (SSSR count). The Morgan fingerprint density at radius 2 is 2.19 bits per heavy atom. The Labute approximate surface area is 128 Å². The molecular formula is C15H19N3O2S. The highest BCUT2D eigenvalue weighted by Crippen LogP contribution is 2.30. The van der Waals surface area contributed by atoms with Crippen molar-refractivity contribution in [2.75, 3.05) is 26.2 Å². The Morgan fingerprint density at radius 1 is 1.33 bits per heavy atom. The molecule has 3 heterocycles. The fourth-order valence-electron chi connectivity index (χ4n) is 2.44. The molecule has 0 saturated carbocycles. The van der Waals surface area contributed by atoms with E-state index < -0.39 is 0 Å². The molecule has 112 valence electrons. The molecule has 0 bridgehead atoms. The van der Waals surface area contributed by atoms with Crippen LogP contribution < -0.4 is 5.32 Å². The number of carbonyl (C=O) groups excluding carboxylic acids is 1. The second kappa shape index (κ2) is 5.99. The zero-order valence-corrected chi connectivity index (χ0v) is 13.1. The maximum atomic E-state index is 12.7. The summed E-state index contributed by atoms with van der Waals surface area (Å²) in [6, 6.07) is 3.81. The van der Waals surface area contributed by atoms with Gasteiger partial charge in [-0.15, -0.1) is 11.3 Å². The first-order valence-corrected chi connectivity index (χ1v) is 8.01. The van der Waals surface area contributed by atoms with Crippen LogP contribution in [-0.4, -0.2) is 42.0 Å². The number of carbonyl (C=O) groups is 1. The van der Waals surface area contributed by atoms with Crippen LogP contribution >= 0.6 is 11.3 Å². The molecule has 1 saturated heterocycles. The van der Waals surface area contributed by atoms with E-state index in [0.29, 0.717) is 0 Å². The summed E-state index contributed by atoms with van der Waals surface area (Å²) in [7, 11) is 0. The van der Waals surface area contributed by atoms with Crippen LogP contribution in [0.15, 0.2) is 16.5 Å². The molecule has 0 aliphatic carbocycles. The fraction of sp³-hybridized carbons (Fsp3) is 0.467. The van der Waals surface area contributed by atoms with Gasteiger partial charge in [0.15, 0.2) is 10.8 Å². The number of amides is 1. The lowest BCUT2D eigenvalue weighted by molar-refractivity contribution is 0.0770. The topological polar surface area (TPSA) is 58.4 Å². The predicted molar refractivity (Wildman–Crippen MR) is 82.7 cm³/mol. The summed E-state index contributed by atoms with van der Waals surface area (Å²) in [6.45, 7) is 7.18. The maximum absolute atomic E-state index is 12.7. The van der Waals surface area contributed by atoms with Crippen LogP contribution in [-0.2, 0) is 0 Å².